The molecule has 2 aliphatic heterocycles. The third-order valence-corrected chi connectivity index (χ3v) is 10.6. The summed E-state index contributed by atoms with van der Waals surface area (Å²) in [6.45, 7) is 5.34. The molecule has 2 amide bonds. The van der Waals surface area contributed by atoms with Crippen molar-refractivity contribution in [2.45, 2.75) is 43.7 Å². The molecule has 2 aromatic carbocycles. The van der Waals surface area contributed by atoms with E-state index in [0.717, 1.165) is 18.5 Å². The zero-order valence-corrected chi connectivity index (χ0v) is 24.2. The van der Waals surface area contributed by atoms with Gasteiger partial charge < -0.3 is 10.2 Å². The van der Waals surface area contributed by atoms with E-state index in [2.05, 4.69) is 21.7 Å². The van der Waals surface area contributed by atoms with Gasteiger partial charge in [0, 0.05) is 62.7 Å². The fourth-order valence-corrected chi connectivity index (χ4v) is 8.16. The van der Waals surface area contributed by atoms with Gasteiger partial charge in [-0.3, -0.25) is 14.5 Å². The number of amides is 2. The van der Waals surface area contributed by atoms with E-state index in [4.69, 9.17) is 0 Å². The van der Waals surface area contributed by atoms with Gasteiger partial charge in [-0.2, -0.15) is 4.31 Å². The number of nitrogens with zero attached hydrogens (tertiary/aromatic N) is 3. The van der Waals surface area contributed by atoms with Crippen molar-refractivity contribution in [3.05, 3.63) is 81.8 Å². The predicted molar refractivity (Wildman–Crippen MR) is 153 cm³/mol. The maximum atomic E-state index is 14.1. The van der Waals surface area contributed by atoms with Crippen molar-refractivity contribution in [1.82, 2.24) is 14.1 Å². The number of anilines is 1. The summed E-state index contributed by atoms with van der Waals surface area (Å²) in [6.07, 6.45) is 1.20. The molecule has 0 saturated carbocycles. The van der Waals surface area contributed by atoms with E-state index in [9.17, 15) is 22.4 Å². The highest BCUT2D eigenvalue weighted by Gasteiger charge is 2.36. The average molecular weight is 585 g/mol. The predicted octanol–water partition coefficient (Wildman–Crippen LogP) is 4.10. The maximum absolute atomic E-state index is 14.1. The van der Waals surface area contributed by atoms with Gasteiger partial charge >= 0.3 is 0 Å². The number of piperazine rings is 1. The van der Waals surface area contributed by atoms with E-state index in [1.54, 1.807) is 40.5 Å². The Morgan fingerprint density at radius 3 is 2.55 bits per heavy atom. The lowest BCUT2D eigenvalue weighted by atomic mass is 9.93. The zero-order chi connectivity index (χ0) is 28.4. The smallest absolute Gasteiger partial charge is 0.243 e. The molecule has 0 aliphatic carbocycles. The summed E-state index contributed by atoms with van der Waals surface area (Å²) in [7, 11) is -3.75. The largest absolute Gasteiger partial charge is 0.340 e. The molecule has 8 nitrogen and oxygen atoms in total. The van der Waals surface area contributed by atoms with Crippen molar-refractivity contribution < 1.29 is 22.4 Å². The first kappa shape index (κ1) is 28.4. The molecule has 2 aliphatic rings. The third-order valence-electron chi connectivity index (χ3n) is 7.54. The van der Waals surface area contributed by atoms with Crippen LogP contribution in [0, 0.1) is 5.82 Å². The van der Waals surface area contributed by atoms with Crippen molar-refractivity contribution in [3.63, 3.8) is 0 Å². The molecule has 40 heavy (non-hydrogen) atoms. The number of hydrogen-bond acceptors (Lipinski definition) is 6. The van der Waals surface area contributed by atoms with Gasteiger partial charge in [0.25, 0.3) is 0 Å². The number of fused-ring (bicyclic) bond motifs is 1. The fourth-order valence-electron chi connectivity index (χ4n) is 5.65. The highest BCUT2D eigenvalue weighted by atomic mass is 32.2. The first-order valence-electron chi connectivity index (χ1n) is 13.4. The van der Waals surface area contributed by atoms with Crippen LogP contribution in [-0.4, -0.2) is 73.1 Å². The second kappa shape index (κ2) is 11.8. The van der Waals surface area contributed by atoms with Gasteiger partial charge in [-0.15, -0.1) is 11.3 Å². The number of nitrogens with one attached hydrogen (secondary N) is 1. The standard InChI is InChI=1S/C29H33FN4O4S2/c1-20-19-33(15-16-34(20)40(37,38)25-8-6-24(7-9-25)31-21(2)35)28(36)11-14-32-13-10-27-26(12-17-39-27)29(32)22-4-3-5-23(30)18-22/h3-9,12,17-18,20,29H,10-11,13-16,19H2,1-2H3,(H,31,35). The second-order valence-electron chi connectivity index (χ2n) is 10.3. The van der Waals surface area contributed by atoms with Crippen molar-refractivity contribution in [2.75, 3.05) is 38.0 Å². The van der Waals surface area contributed by atoms with E-state index in [-0.39, 0.29) is 41.2 Å². The highest BCUT2D eigenvalue weighted by Crippen LogP contribution is 2.38. The summed E-state index contributed by atoms with van der Waals surface area (Å²) >= 11 is 1.71. The second-order valence-corrected chi connectivity index (χ2v) is 13.2. The van der Waals surface area contributed by atoms with Crippen LogP contribution in [0.1, 0.15) is 42.3 Å². The molecule has 1 fully saturated rings. The normalized spacial score (nSPS) is 20.2. The van der Waals surface area contributed by atoms with E-state index >= 15 is 0 Å². The molecule has 11 heteroatoms. The molecule has 2 unspecified atom stereocenters. The lowest BCUT2D eigenvalue weighted by Crippen LogP contribution is -2.55. The number of thiophene rings is 1. The minimum absolute atomic E-state index is 0.0161. The minimum Gasteiger partial charge on any atom is -0.340 e. The fraction of sp³-hybridized carbons (Fsp3) is 0.379. The zero-order valence-electron chi connectivity index (χ0n) is 22.5. The van der Waals surface area contributed by atoms with E-state index in [0.29, 0.717) is 31.7 Å². The van der Waals surface area contributed by atoms with Gasteiger partial charge in [0.05, 0.1) is 10.9 Å². The van der Waals surface area contributed by atoms with Crippen LogP contribution >= 0.6 is 11.3 Å². The van der Waals surface area contributed by atoms with Crippen LogP contribution in [0.15, 0.2) is 64.9 Å². The summed E-state index contributed by atoms with van der Waals surface area (Å²) in [5.41, 5.74) is 2.58. The van der Waals surface area contributed by atoms with Crippen LogP contribution in [0.2, 0.25) is 0 Å². The lowest BCUT2D eigenvalue weighted by Gasteiger charge is -2.40. The number of halogens is 1. The van der Waals surface area contributed by atoms with Gasteiger partial charge in [-0.05, 0) is 72.3 Å². The molecular weight excluding hydrogens is 551 g/mol. The Morgan fingerprint density at radius 1 is 1.07 bits per heavy atom. The Bertz CT molecular complexity index is 1490. The van der Waals surface area contributed by atoms with Crippen LogP contribution in [0.5, 0.6) is 0 Å². The molecule has 1 saturated heterocycles. The van der Waals surface area contributed by atoms with Crippen LogP contribution in [0.3, 0.4) is 0 Å². The molecule has 212 valence electrons. The van der Waals surface area contributed by atoms with Gasteiger partial charge in [-0.1, -0.05) is 12.1 Å². The third kappa shape index (κ3) is 5.97. The molecule has 0 spiro atoms. The van der Waals surface area contributed by atoms with Crippen molar-refractivity contribution >= 4 is 38.9 Å². The van der Waals surface area contributed by atoms with E-state index in [1.807, 2.05) is 13.0 Å². The van der Waals surface area contributed by atoms with Crippen LogP contribution in [0.25, 0.3) is 0 Å². The summed E-state index contributed by atoms with van der Waals surface area (Å²) in [4.78, 5) is 30.0. The molecule has 1 N–H and O–H groups in total. The Labute approximate surface area is 238 Å². The van der Waals surface area contributed by atoms with Gasteiger partial charge in [-0.25, -0.2) is 12.8 Å². The summed E-state index contributed by atoms with van der Waals surface area (Å²) < 4.78 is 42.2. The monoisotopic (exact) mass is 584 g/mol. The SMILES string of the molecule is CC(=O)Nc1ccc(S(=O)(=O)N2CCN(C(=O)CCN3CCc4sccc4C3c3cccc(F)c3)CC2C)cc1. The van der Waals surface area contributed by atoms with Gasteiger partial charge in [0.15, 0.2) is 0 Å². The molecular formula is C29H33FN4O4S2. The number of carbonyl (C=O) groups is 2. The Morgan fingerprint density at radius 2 is 1.85 bits per heavy atom. The van der Waals surface area contributed by atoms with E-state index < -0.39 is 10.0 Å². The summed E-state index contributed by atoms with van der Waals surface area (Å²) in [5, 5.41) is 4.70. The summed E-state index contributed by atoms with van der Waals surface area (Å²) in [6, 6.07) is 14.4. The number of sulfonamides is 1. The maximum Gasteiger partial charge on any atom is 0.243 e. The Balaban J connectivity index is 1.22. The molecule has 3 aromatic rings. The number of benzene rings is 2. The van der Waals surface area contributed by atoms with Gasteiger partial charge in [0.2, 0.25) is 21.8 Å². The lowest BCUT2D eigenvalue weighted by molar-refractivity contribution is -0.133. The summed E-state index contributed by atoms with van der Waals surface area (Å²) in [5.74, 6) is -0.523. The molecule has 3 heterocycles. The van der Waals surface area contributed by atoms with Gasteiger partial charge in [0.1, 0.15) is 5.82 Å². The van der Waals surface area contributed by atoms with Crippen LogP contribution < -0.4 is 5.32 Å². The first-order valence-corrected chi connectivity index (χ1v) is 15.7. The van der Waals surface area contributed by atoms with Crippen molar-refractivity contribution in [3.8, 4) is 0 Å². The quantitative estimate of drug-likeness (QED) is 0.452. The number of carbonyl (C=O) groups excluding carboxylic acids is 2. The van der Waals surface area contributed by atoms with Crippen molar-refractivity contribution in [1.29, 1.82) is 0 Å². The van der Waals surface area contributed by atoms with Crippen molar-refractivity contribution in [2.24, 2.45) is 0 Å². The molecule has 5 rings (SSSR count). The number of hydrogen-bond donors (Lipinski definition) is 1. The van der Waals surface area contributed by atoms with Crippen LogP contribution in [-0.2, 0) is 26.0 Å². The Hall–Kier alpha value is -3.12. The molecule has 1 aromatic heterocycles. The molecule has 0 bridgehead atoms. The average Bonchev–Trinajstić information content (AvgIpc) is 3.40. The Kier molecular flexibility index (Phi) is 8.37. The van der Waals surface area contributed by atoms with Crippen LogP contribution in [0.4, 0.5) is 10.1 Å². The molecule has 0 radical (unpaired) electrons. The highest BCUT2D eigenvalue weighted by molar-refractivity contribution is 7.89. The van der Waals surface area contributed by atoms with E-state index in [1.165, 1.54) is 39.9 Å². The number of rotatable bonds is 7. The minimum atomic E-state index is -3.75. The molecule has 2 atom stereocenters. The first-order chi connectivity index (χ1) is 19.1. The topological polar surface area (TPSA) is 90.0 Å².